The van der Waals surface area contributed by atoms with Crippen LogP contribution in [-0.4, -0.2) is 35.0 Å². The van der Waals surface area contributed by atoms with Gasteiger partial charge in [-0.15, -0.1) is 0 Å². The summed E-state index contributed by atoms with van der Waals surface area (Å²) < 4.78 is 4.57. The van der Waals surface area contributed by atoms with Crippen LogP contribution >= 0.6 is 0 Å². The number of rotatable bonds is 4. The van der Waals surface area contributed by atoms with Crippen LogP contribution in [0.4, 0.5) is 0 Å². The Morgan fingerprint density at radius 2 is 1.91 bits per heavy atom. The van der Waals surface area contributed by atoms with Gasteiger partial charge < -0.3 is 14.9 Å². The Morgan fingerprint density at radius 1 is 1.36 bits per heavy atom. The molecule has 4 heteroatoms. The van der Waals surface area contributed by atoms with Crippen LogP contribution in [0, 0.1) is 0 Å². The Kier molecular flexibility index (Phi) is 4.81. The molecule has 2 N–H and O–H groups in total. The van der Waals surface area contributed by atoms with Crippen LogP contribution in [0.15, 0.2) is 0 Å². The van der Waals surface area contributed by atoms with Crippen LogP contribution in [0.5, 0.6) is 0 Å². The number of carbonyl (C=O) groups excluding carboxylic acids is 1. The maximum atomic E-state index is 10.7. The fraction of sp³-hybridized carbons (Fsp3) is 0.857. The van der Waals surface area contributed by atoms with E-state index in [2.05, 4.69) is 4.74 Å². The van der Waals surface area contributed by atoms with Gasteiger partial charge >= 0.3 is 5.97 Å². The molecule has 0 aromatic heterocycles. The number of hydrogen-bond acceptors (Lipinski definition) is 4. The van der Waals surface area contributed by atoms with Crippen molar-refractivity contribution in [2.75, 3.05) is 6.61 Å². The van der Waals surface area contributed by atoms with Gasteiger partial charge in [0.1, 0.15) is 6.61 Å². The van der Waals surface area contributed by atoms with Gasteiger partial charge in [0, 0.05) is 0 Å². The van der Waals surface area contributed by atoms with E-state index in [1.165, 1.54) is 13.8 Å². The van der Waals surface area contributed by atoms with Crippen molar-refractivity contribution in [2.24, 2.45) is 0 Å². The Bertz CT molecular complexity index is 120. The van der Waals surface area contributed by atoms with Gasteiger partial charge in [-0.25, -0.2) is 0 Å². The van der Waals surface area contributed by atoms with Crippen LogP contribution in [-0.2, 0) is 9.53 Å². The Labute approximate surface area is 65.8 Å². The summed E-state index contributed by atoms with van der Waals surface area (Å²) >= 11 is 0. The molecule has 0 rings (SSSR count). The first-order valence-electron chi connectivity index (χ1n) is 3.54. The first-order valence-corrected chi connectivity index (χ1v) is 3.54. The Hall–Kier alpha value is -0.610. The van der Waals surface area contributed by atoms with E-state index >= 15 is 0 Å². The number of carbonyl (C=O) groups is 1. The average molecular weight is 162 g/mol. The summed E-state index contributed by atoms with van der Waals surface area (Å²) in [5.74, 6) is -0.485. The number of esters is 1. The highest BCUT2D eigenvalue weighted by Crippen LogP contribution is 1.93. The summed E-state index contributed by atoms with van der Waals surface area (Å²) in [5.41, 5.74) is 0. The second kappa shape index (κ2) is 5.09. The van der Waals surface area contributed by atoms with Gasteiger partial charge in [-0.1, -0.05) is 0 Å². The van der Waals surface area contributed by atoms with Gasteiger partial charge in [-0.2, -0.15) is 0 Å². The minimum Gasteiger partial charge on any atom is -0.463 e. The third kappa shape index (κ3) is 7.29. The highest BCUT2D eigenvalue weighted by atomic mass is 16.5. The van der Waals surface area contributed by atoms with Gasteiger partial charge in [0.2, 0.25) is 0 Å². The summed E-state index contributed by atoms with van der Waals surface area (Å²) in [6.07, 6.45) is -1.35. The molecule has 4 nitrogen and oxygen atoms in total. The summed E-state index contributed by atoms with van der Waals surface area (Å²) in [7, 11) is 0. The van der Waals surface area contributed by atoms with Crippen molar-refractivity contribution >= 4 is 5.97 Å². The zero-order chi connectivity index (χ0) is 8.85. The molecule has 0 radical (unpaired) electrons. The van der Waals surface area contributed by atoms with Gasteiger partial charge in [0.15, 0.2) is 0 Å². The molecular weight excluding hydrogens is 148 g/mol. The minimum atomic E-state index is -0.684. The molecular formula is C7H14O4. The molecule has 0 amide bonds. The third-order valence-corrected chi connectivity index (χ3v) is 0.948. The molecule has 0 fully saturated rings. The first-order chi connectivity index (χ1) is 5.02. The fourth-order valence-electron chi connectivity index (χ4n) is 0.514. The minimum absolute atomic E-state index is 0.00838. The predicted octanol–water partition coefficient (Wildman–Crippen LogP) is -0.319. The van der Waals surface area contributed by atoms with E-state index in [9.17, 15) is 4.79 Å². The molecule has 0 bridgehead atoms. The predicted molar refractivity (Wildman–Crippen MR) is 38.9 cm³/mol. The monoisotopic (exact) mass is 162 g/mol. The molecule has 66 valence electrons. The lowest BCUT2D eigenvalue weighted by Gasteiger charge is -2.07. The quantitative estimate of drug-likeness (QED) is 0.556. The first kappa shape index (κ1) is 10.4. The summed E-state index contributed by atoms with van der Waals surface area (Å²) in [4.78, 5) is 10.7. The van der Waals surface area contributed by atoms with Crippen LogP contribution in [0.3, 0.4) is 0 Å². The molecule has 0 aliphatic carbocycles. The fourth-order valence-corrected chi connectivity index (χ4v) is 0.514. The number of hydrogen-bond donors (Lipinski definition) is 2. The van der Waals surface area contributed by atoms with Gasteiger partial charge in [-0.05, 0) is 13.8 Å². The lowest BCUT2D eigenvalue weighted by atomic mass is 10.3. The van der Waals surface area contributed by atoms with Crippen molar-refractivity contribution in [3.8, 4) is 0 Å². The SMILES string of the molecule is CC(O)COC(=O)CC(C)O. The molecule has 0 aromatic carbocycles. The lowest BCUT2D eigenvalue weighted by Crippen LogP contribution is -2.18. The smallest absolute Gasteiger partial charge is 0.308 e. The summed E-state index contributed by atoms with van der Waals surface area (Å²) in [5, 5.41) is 17.4. The molecule has 0 spiro atoms. The topological polar surface area (TPSA) is 66.8 Å². The van der Waals surface area contributed by atoms with E-state index in [0.717, 1.165) is 0 Å². The van der Waals surface area contributed by atoms with Crippen LogP contribution < -0.4 is 0 Å². The van der Waals surface area contributed by atoms with Crippen LogP contribution in [0.1, 0.15) is 20.3 Å². The zero-order valence-electron chi connectivity index (χ0n) is 6.78. The number of aliphatic hydroxyl groups excluding tert-OH is 2. The molecule has 2 unspecified atom stereocenters. The molecule has 0 saturated carbocycles. The van der Waals surface area contributed by atoms with E-state index in [1.807, 2.05) is 0 Å². The van der Waals surface area contributed by atoms with Crippen molar-refractivity contribution in [3.63, 3.8) is 0 Å². The molecule has 11 heavy (non-hydrogen) atoms. The van der Waals surface area contributed by atoms with Crippen molar-refractivity contribution in [2.45, 2.75) is 32.5 Å². The maximum Gasteiger partial charge on any atom is 0.308 e. The Balaban J connectivity index is 3.38. The van der Waals surface area contributed by atoms with Crippen molar-refractivity contribution < 1.29 is 19.7 Å². The molecule has 0 aliphatic rings. The highest BCUT2D eigenvalue weighted by molar-refractivity contribution is 5.69. The summed E-state index contributed by atoms with van der Waals surface area (Å²) in [6.45, 7) is 3.02. The zero-order valence-corrected chi connectivity index (χ0v) is 6.78. The second-order valence-corrected chi connectivity index (χ2v) is 2.59. The van der Waals surface area contributed by atoms with Crippen molar-refractivity contribution in [1.82, 2.24) is 0 Å². The number of ether oxygens (including phenoxy) is 1. The van der Waals surface area contributed by atoms with Crippen LogP contribution in [0.25, 0.3) is 0 Å². The maximum absolute atomic E-state index is 10.7. The molecule has 0 aromatic rings. The lowest BCUT2D eigenvalue weighted by molar-refractivity contribution is -0.148. The second-order valence-electron chi connectivity index (χ2n) is 2.59. The third-order valence-electron chi connectivity index (χ3n) is 0.948. The van der Waals surface area contributed by atoms with E-state index in [-0.39, 0.29) is 13.0 Å². The van der Waals surface area contributed by atoms with Gasteiger partial charge in [-0.3, -0.25) is 4.79 Å². The normalized spacial score (nSPS) is 15.6. The van der Waals surface area contributed by atoms with Gasteiger partial charge in [0.25, 0.3) is 0 Å². The van der Waals surface area contributed by atoms with Gasteiger partial charge in [0.05, 0.1) is 18.6 Å². The summed E-state index contributed by atoms with van der Waals surface area (Å²) in [6, 6.07) is 0. The van der Waals surface area contributed by atoms with Crippen molar-refractivity contribution in [3.05, 3.63) is 0 Å². The Morgan fingerprint density at radius 3 is 2.27 bits per heavy atom. The van der Waals surface area contributed by atoms with E-state index < -0.39 is 18.2 Å². The van der Waals surface area contributed by atoms with Crippen LogP contribution in [0.2, 0.25) is 0 Å². The molecule has 0 aliphatic heterocycles. The molecule has 2 atom stereocenters. The molecule has 0 heterocycles. The van der Waals surface area contributed by atoms with Crippen molar-refractivity contribution in [1.29, 1.82) is 0 Å². The van der Waals surface area contributed by atoms with E-state index in [4.69, 9.17) is 10.2 Å². The molecule has 0 saturated heterocycles. The average Bonchev–Trinajstić information content (AvgIpc) is 1.82. The van der Waals surface area contributed by atoms with E-state index in [1.54, 1.807) is 0 Å². The highest BCUT2D eigenvalue weighted by Gasteiger charge is 2.07. The van der Waals surface area contributed by atoms with E-state index in [0.29, 0.717) is 0 Å². The standard InChI is InChI=1S/C7H14O4/c1-5(8)3-7(10)11-4-6(2)9/h5-6,8-9H,3-4H2,1-2H3. The largest absolute Gasteiger partial charge is 0.463 e. The number of aliphatic hydroxyl groups is 2.